The van der Waals surface area contributed by atoms with Gasteiger partial charge in [-0.25, -0.2) is 0 Å². The topological polar surface area (TPSA) is 47.3 Å². The smallest absolute Gasteiger partial charge is 0.0672 e. The molecule has 2 rings (SSSR count). The molecule has 0 amide bonds. The molecule has 1 unspecified atom stereocenters. The third-order valence-electron chi connectivity index (χ3n) is 2.15. The van der Waals surface area contributed by atoms with Gasteiger partial charge in [-0.2, -0.15) is 0 Å². The van der Waals surface area contributed by atoms with Gasteiger partial charge < -0.3 is 15.8 Å². The van der Waals surface area contributed by atoms with Gasteiger partial charge in [-0.1, -0.05) is 0 Å². The van der Waals surface area contributed by atoms with Crippen LogP contribution < -0.4 is 11.1 Å². The molecular formula is C6H12N2O. The summed E-state index contributed by atoms with van der Waals surface area (Å²) in [5, 5.41) is 3.37. The molecule has 3 heteroatoms. The summed E-state index contributed by atoms with van der Waals surface area (Å²) in [4.78, 5) is 0. The average Bonchev–Trinajstić information content (AvgIpc) is 2.09. The van der Waals surface area contributed by atoms with Crippen molar-refractivity contribution in [1.82, 2.24) is 5.32 Å². The van der Waals surface area contributed by atoms with Crippen LogP contribution in [-0.4, -0.2) is 31.3 Å². The molecule has 9 heavy (non-hydrogen) atoms. The van der Waals surface area contributed by atoms with E-state index in [4.69, 9.17) is 10.5 Å². The Hall–Kier alpha value is -0.120. The molecule has 0 aromatic rings. The van der Waals surface area contributed by atoms with E-state index in [0.717, 1.165) is 26.2 Å². The van der Waals surface area contributed by atoms with Gasteiger partial charge in [0.2, 0.25) is 0 Å². The standard InChI is InChI=1S/C6H12N2O/c7-5-1-6(8-2-5)3-9-4-6/h5,8H,1-4,7H2. The Morgan fingerprint density at radius 3 is 2.56 bits per heavy atom. The highest BCUT2D eigenvalue weighted by atomic mass is 16.5. The van der Waals surface area contributed by atoms with Gasteiger partial charge in [0, 0.05) is 12.6 Å². The summed E-state index contributed by atoms with van der Waals surface area (Å²) in [5.41, 5.74) is 5.99. The monoisotopic (exact) mass is 128 g/mol. The average molecular weight is 128 g/mol. The Morgan fingerprint density at radius 2 is 2.33 bits per heavy atom. The quantitative estimate of drug-likeness (QED) is 0.443. The first-order chi connectivity index (χ1) is 4.31. The van der Waals surface area contributed by atoms with Crippen LogP contribution in [0.25, 0.3) is 0 Å². The second kappa shape index (κ2) is 1.68. The van der Waals surface area contributed by atoms with Crippen LogP contribution >= 0.6 is 0 Å². The molecule has 3 nitrogen and oxygen atoms in total. The summed E-state index contributed by atoms with van der Waals surface area (Å²) in [6.45, 7) is 2.69. The van der Waals surface area contributed by atoms with Crippen molar-refractivity contribution < 1.29 is 4.74 Å². The van der Waals surface area contributed by atoms with Gasteiger partial charge in [-0.05, 0) is 6.42 Å². The Kier molecular flexibility index (Phi) is 1.06. The number of ether oxygens (including phenoxy) is 1. The second-order valence-electron chi connectivity index (χ2n) is 3.12. The SMILES string of the molecule is NC1CNC2(COC2)C1. The van der Waals surface area contributed by atoms with Crippen LogP contribution in [0.5, 0.6) is 0 Å². The summed E-state index contributed by atoms with van der Waals surface area (Å²) in [5.74, 6) is 0. The van der Waals surface area contributed by atoms with Crippen molar-refractivity contribution in [3.63, 3.8) is 0 Å². The van der Waals surface area contributed by atoms with Gasteiger partial charge >= 0.3 is 0 Å². The molecule has 0 aromatic carbocycles. The van der Waals surface area contributed by atoms with Gasteiger partial charge in [0.25, 0.3) is 0 Å². The fourth-order valence-electron chi connectivity index (χ4n) is 1.56. The highest BCUT2D eigenvalue weighted by Crippen LogP contribution is 2.26. The summed E-state index contributed by atoms with van der Waals surface area (Å²) in [6.07, 6.45) is 1.09. The third-order valence-corrected chi connectivity index (χ3v) is 2.15. The minimum Gasteiger partial charge on any atom is -0.377 e. The zero-order valence-electron chi connectivity index (χ0n) is 5.39. The van der Waals surface area contributed by atoms with Crippen molar-refractivity contribution in [1.29, 1.82) is 0 Å². The molecule has 2 aliphatic rings. The zero-order valence-corrected chi connectivity index (χ0v) is 5.39. The predicted molar refractivity (Wildman–Crippen MR) is 34.1 cm³/mol. The van der Waals surface area contributed by atoms with Gasteiger partial charge in [0.05, 0.1) is 18.8 Å². The lowest BCUT2D eigenvalue weighted by Crippen LogP contribution is -2.56. The fraction of sp³-hybridized carbons (Fsp3) is 1.00. The molecule has 2 saturated heterocycles. The lowest BCUT2D eigenvalue weighted by atomic mass is 9.94. The van der Waals surface area contributed by atoms with Gasteiger partial charge in [0.1, 0.15) is 0 Å². The van der Waals surface area contributed by atoms with Crippen LogP contribution in [-0.2, 0) is 4.74 Å². The van der Waals surface area contributed by atoms with Crippen LogP contribution in [0.2, 0.25) is 0 Å². The molecule has 1 atom stereocenters. The van der Waals surface area contributed by atoms with Gasteiger partial charge in [0.15, 0.2) is 0 Å². The largest absolute Gasteiger partial charge is 0.377 e. The van der Waals surface area contributed by atoms with Crippen LogP contribution in [0.15, 0.2) is 0 Å². The maximum atomic E-state index is 5.70. The zero-order chi connectivity index (χ0) is 6.32. The van der Waals surface area contributed by atoms with Crippen molar-refractivity contribution in [3.05, 3.63) is 0 Å². The molecule has 1 spiro atoms. The molecule has 3 N–H and O–H groups in total. The van der Waals surface area contributed by atoms with Crippen molar-refractivity contribution in [2.24, 2.45) is 5.73 Å². The highest BCUT2D eigenvalue weighted by molar-refractivity contribution is 5.02. The molecule has 2 aliphatic heterocycles. The van der Waals surface area contributed by atoms with Crippen LogP contribution in [0.4, 0.5) is 0 Å². The molecule has 2 fully saturated rings. The van der Waals surface area contributed by atoms with Gasteiger partial charge in [-0.3, -0.25) is 0 Å². The van der Waals surface area contributed by atoms with Gasteiger partial charge in [-0.15, -0.1) is 0 Å². The van der Waals surface area contributed by atoms with E-state index >= 15 is 0 Å². The maximum absolute atomic E-state index is 5.70. The lowest BCUT2D eigenvalue weighted by molar-refractivity contribution is -0.0647. The number of nitrogens with two attached hydrogens (primary N) is 1. The predicted octanol–water partition coefficient (Wildman–Crippen LogP) is -0.924. The van der Waals surface area contributed by atoms with Crippen molar-refractivity contribution in [2.75, 3.05) is 19.8 Å². The van der Waals surface area contributed by atoms with Crippen LogP contribution in [0, 0.1) is 0 Å². The Morgan fingerprint density at radius 1 is 1.56 bits per heavy atom. The van der Waals surface area contributed by atoms with Crippen molar-refractivity contribution in [3.8, 4) is 0 Å². The fourth-order valence-corrected chi connectivity index (χ4v) is 1.56. The van der Waals surface area contributed by atoms with Crippen LogP contribution in [0.1, 0.15) is 6.42 Å². The summed E-state index contributed by atoms with van der Waals surface area (Å²) in [7, 11) is 0. The van der Waals surface area contributed by atoms with E-state index in [1.54, 1.807) is 0 Å². The molecule has 0 aromatic heterocycles. The summed E-state index contributed by atoms with van der Waals surface area (Å²) < 4.78 is 5.09. The van der Waals surface area contributed by atoms with Crippen LogP contribution in [0.3, 0.4) is 0 Å². The first-order valence-electron chi connectivity index (χ1n) is 3.39. The molecular weight excluding hydrogens is 116 g/mol. The third kappa shape index (κ3) is 0.764. The van der Waals surface area contributed by atoms with E-state index in [1.165, 1.54) is 0 Å². The summed E-state index contributed by atoms with van der Waals surface area (Å²) >= 11 is 0. The first-order valence-corrected chi connectivity index (χ1v) is 3.39. The number of rotatable bonds is 0. The van der Waals surface area contributed by atoms with E-state index in [0.29, 0.717) is 11.6 Å². The van der Waals surface area contributed by atoms with E-state index in [1.807, 2.05) is 0 Å². The Labute approximate surface area is 54.6 Å². The van der Waals surface area contributed by atoms with Crippen molar-refractivity contribution >= 4 is 0 Å². The second-order valence-corrected chi connectivity index (χ2v) is 3.12. The van der Waals surface area contributed by atoms with Crippen molar-refractivity contribution in [2.45, 2.75) is 18.0 Å². The lowest BCUT2D eigenvalue weighted by Gasteiger charge is -2.38. The van der Waals surface area contributed by atoms with E-state index in [-0.39, 0.29) is 0 Å². The number of nitrogens with one attached hydrogen (secondary N) is 1. The highest BCUT2D eigenvalue weighted by Gasteiger charge is 2.43. The molecule has 0 radical (unpaired) electrons. The molecule has 0 bridgehead atoms. The Balaban J connectivity index is 1.99. The molecule has 52 valence electrons. The summed E-state index contributed by atoms with van der Waals surface area (Å²) in [6, 6.07) is 0.355. The first kappa shape index (κ1) is 5.65. The normalized spacial score (nSPS) is 39.0. The molecule has 2 heterocycles. The number of hydrogen-bond acceptors (Lipinski definition) is 3. The maximum Gasteiger partial charge on any atom is 0.0672 e. The van der Waals surface area contributed by atoms with E-state index < -0.39 is 0 Å². The molecule has 0 aliphatic carbocycles. The minimum absolute atomic E-state index is 0.291. The van der Waals surface area contributed by atoms with E-state index in [2.05, 4.69) is 5.32 Å². The number of hydrogen-bond donors (Lipinski definition) is 2. The van der Waals surface area contributed by atoms with E-state index in [9.17, 15) is 0 Å². The minimum atomic E-state index is 0.291. The Bertz CT molecular complexity index is 122. The molecule has 0 saturated carbocycles.